The summed E-state index contributed by atoms with van der Waals surface area (Å²) in [6.45, 7) is 8.43. The first-order valence-electron chi connectivity index (χ1n) is 16.2. The van der Waals surface area contributed by atoms with E-state index in [0.29, 0.717) is 52.5 Å². The summed E-state index contributed by atoms with van der Waals surface area (Å²) in [5.74, 6) is -0.154. The van der Waals surface area contributed by atoms with E-state index in [1.165, 1.54) is 10.7 Å². The summed E-state index contributed by atoms with van der Waals surface area (Å²) in [7, 11) is -2.32. The number of hydrogen-bond acceptors (Lipinski definition) is 10. The average molecular weight is 703 g/mol. The zero-order valence-corrected chi connectivity index (χ0v) is 29.3. The first-order chi connectivity index (χ1) is 23.7. The normalized spacial score (nSPS) is 15.2. The van der Waals surface area contributed by atoms with E-state index in [4.69, 9.17) is 14.5 Å². The molecule has 15 heteroatoms. The van der Waals surface area contributed by atoms with E-state index in [0.717, 1.165) is 18.4 Å². The highest BCUT2D eigenvalue weighted by Crippen LogP contribution is 2.40. The minimum Gasteiger partial charge on any atom is -0.444 e. The first kappa shape index (κ1) is 34.5. The molecule has 0 saturated carbocycles. The lowest BCUT2D eigenvalue weighted by molar-refractivity contribution is 0.0206. The Labute approximate surface area is 289 Å². The van der Waals surface area contributed by atoms with E-state index in [1.807, 2.05) is 33.8 Å². The van der Waals surface area contributed by atoms with Crippen molar-refractivity contribution < 1.29 is 27.1 Å². The molecule has 1 amide bonds. The van der Waals surface area contributed by atoms with E-state index in [9.17, 15) is 13.2 Å². The lowest BCUT2D eigenvalue weighted by Crippen LogP contribution is -2.47. The Bertz CT molecular complexity index is 2150. The predicted molar refractivity (Wildman–Crippen MR) is 188 cm³/mol. The number of amides is 1. The van der Waals surface area contributed by atoms with Gasteiger partial charge in [-0.15, -0.1) is 0 Å². The highest BCUT2D eigenvalue weighted by atomic mass is 32.2. The van der Waals surface area contributed by atoms with Gasteiger partial charge in [0, 0.05) is 55.5 Å². The molecule has 1 fully saturated rings. The van der Waals surface area contributed by atoms with Gasteiger partial charge in [-0.2, -0.15) is 5.10 Å². The number of sulfonamides is 1. The molecule has 262 valence electrons. The number of rotatable bonds is 9. The molecule has 0 spiro atoms. The second-order valence-corrected chi connectivity index (χ2v) is 14.9. The van der Waals surface area contributed by atoms with Crippen LogP contribution in [0.3, 0.4) is 0 Å². The topological polar surface area (TPSA) is 153 Å². The van der Waals surface area contributed by atoms with E-state index in [2.05, 4.69) is 25.1 Å². The third kappa shape index (κ3) is 8.10. The number of aromatic nitrogens is 5. The number of anilines is 2. The van der Waals surface area contributed by atoms with Crippen LogP contribution in [0.1, 0.15) is 44.9 Å². The smallest absolute Gasteiger partial charge is 0.410 e. The Balaban J connectivity index is 1.25. The van der Waals surface area contributed by atoms with Crippen molar-refractivity contribution in [3.05, 3.63) is 84.2 Å². The molecular formula is C35H39FN8O5S. The second-order valence-electron chi connectivity index (χ2n) is 13.2. The minimum atomic E-state index is -4.01. The third-order valence-electron chi connectivity index (χ3n) is 7.97. The first-order valence-corrected chi connectivity index (χ1v) is 17.8. The second kappa shape index (κ2) is 13.9. The number of carbonyl (C=O) groups excluding carboxylic acids is 1. The zero-order chi connectivity index (χ0) is 35.6. The van der Waals surface area contributed by atoms with Crippen molar-refractivity contribution in [3.63, 3.8) is 0 Å². The summed E-state index contributed by atoms with van der Waals surface area (Å²) in [6.07, 6.45) is 6.14. The summed E-state index contributed by atoms with van der Waals surface area (Å²) in [5, 5.41) is 8.28. The Morgan fingerprint density at radius 3 is 2.62 bits per heavy atom. The molecule has 13 nitrogen and oxygen atoms in total. The SMILES string of the molecule is Cc1ccc2c(NS(=O)(=O)Cc3ccn(C)n3)c(F)ccc2c1Oc1ncccc1-c1ccnc(N[C@H]2CCCN(C(=O)OC(C)(C)C)C2)n1. The van der Waals surface area contributed by atoms with Gasteiger partial charge < -0.3 is 19.7 Å². The van der Waals surface area contributed by atoms with Crippen molar-refractivity contribution in [2.24, 2.45) is 7.05 Å². The number of benzene rings is 2. The Morgan fingerprint density at radius 2 is 1.86 bits per heavy atom. The fourth-order valence-electron chi connectivity index (χ4n) is 5.74. The van der Waals surface area contributed by atoms with Crippen LogP contribution in [0.2, 0.25) is 0 Å². The summed E-state index contributed by atoms with van der Waals surface area (Å²) in [4.78, 5) is 28.0. The van der Waals surface area contributed by atoms with Gasteiger partial charge in [-0.25, -0.2) is 32.6 Å². The van der Waals surface area contributed by atoms with Crippen LogP contribution in [0.4, 0.5) is 20.8 Å². The standard InChI is InChI=1S/C35H39FN8O5S/c1-22-10-11-25-26(12-13-28(36)30(25)42-50(46,47)21-24-15-19-43(5)41-24)31(22)48-32-27(9-6-16-37-32)29-14-17-38-33(40-29)39-23-8-7-18-44(20-23)34(45)49-35(2,3)4/h6,9-17,19,23,42H,7-8,18,20-21H2,1-5H3,(H,38,39,40)/t23-/m0/s1. The van der Waals surface area contributed by atoms with Gasteiger partial charge in [-0.05, 0) is 82.5 Å². The van der Waals surface area contributed by atoms with E-state index in [1.54, 1.807) is 66.9 Å². The van der Waals surface area contributed by atoms with Crippen molar-refractivity contribution in [1.82, 2.24) is 29.6 Å². The Hall–Kier alpha value is -5.31. The minimum absolute atomic E-state index is 0.0783. The summed E-state index contributed by atoms with van der Waals surface area (Å²) in [5.41, 5.74) is 1.39. The number of carbonyl (C=O) groups is 1. The number of pyridine rings is 1. The summed E-state index contributed by atoms with van der Waals surface area (Å²) in [6, 6.07) is 12.9. The Morgan fingerprint density at radius 1 is 1.06 bits per heavy atom. The maximum absolute atomic E-state index is 15.2. The Kier molecular flexibility index (Phi) is 9.60. The van der Waals surface area contributed by atoms with Crippen molar-refractivity contribution in [2.45, 2.75) is 57.9 Å². The molecule has 1 saturated heterocycles. The van der Waals surface area contributed by atoms with Crippen molar-refractivity contribution in [2.75, 3.05) is 23.1 Å². The highest BCUT2D eigenvalue weighted by Gasteiger charge is 2.28. The molecule has 0 radical (unpaired) electrons. The fraction of sp³-hybridized carbons (Fsp3) is 0.343. The van der Waals surface area contributed by atoms with Crippen LogP contribution in [0.15, 0.2) is 67.1 Å². The number of piperidine rings is 1. The van der Waals surface area contributed by atoms with Crippen LogP contribution < -0.4 is 14.8 Å². The van der Waals surface area contributed by atoms with Crippen molar-refractivity contribution in [1.29, 1.82) is 0 Å². The van der Waals surface area contributed by atoms with Crippen LogP contribution in [0.25, 0.3) is 22.0 Å². The molecule has 2 aromatic carbocycles. The number of nitrogens with one attached hydrogen (secondary N) is 2. The monoisotopic (exact) mass is 702 g/mol. The number of fused-ring (bicyclic) bond motifs is 1. The lowest BCUT2D eigenvalue weighted by Gasteiger charge is -2.34. The average Bonchev–Trinajstić information content (AvgIpc) is 3.46. The van der Waals surface area contributed by atoms with Crippen LogP contribution in [-0.4, -0.2) is 68.9 Å². The molecule has 4 heterocycles. The maximum atomic E-state index is 15.2. The number of nitrogens with zero attached hydrogens (tertiary/aromatic N) is 6. The van der Waals surface area contributed by atoms with Crippen molar-refractivity contribution in [3.8, 4) is 22.9 Å². The van der Waals surface area contributed by atoms with Crippen LogP contribution in [0.5, 0.6) is 11.6 Å². The molecule has 1 aliphatic rings. The zero-order valence-electron chi connectivity index (χ0n) is 28.5. The van der Waals surface area contributed by atoms with Gasteiger partial charge in [0.15, 0.2) is 0 Å². The molecule has 0 bridgehead atoms. The molecule has 50 heavy (non-hydrogen) atoms. The van der Waals surface area contributed by atoms with Gasteiger partial charge in [0.1, 0.15) is 22.9 Å². The predicted octanol–water partition coefficient (Wildman–Crippen LogP) is 6.42. The van der Waals surface area contributed by atoms with E-state index in [-0.39, 0.29) is 23.7 Å². The molecule has 1 aliphatic heterocycles. The van der Waals surface area contributed by atoms with Crippen LogP contribution in [-0.2, 0) is 27.6 Å². The largest absolute Gasteiger partial charge is 0.444 e. The van der Waals surface area contributed by atoms with Crippen LogP contribution in [0, 0.1) is 12.7 Å². The number of ether oxygens (including phenoxy) is 2. The summed E-state index contributed by atoms with van der Waals surface area (Å²) < 4.78 is 57.3. The van der Waals surface area contributed by atoms with Gasteiger partial charge in [-0.1, -0.05) is 12.1 Å². The van der Waals surface area contributed by atoms with Crippen molar-refractivity contribution >= 4 is 38.5 Å². The molecule has 3 aromatic heterocycles. The fourth-order valence-corrected chi connectivity index (χ4v) is 6.87. The number of aryl methyl sites for hydroxylation is 2. The van der Waals surface area contributed by atoms with Gasteiger partial charge in [0.2, 0.25) is 21.9 Å². The quantitative estimate of drug-likeness (QED) is 0.176. The molecule has 1 atom stereocenters. The third-order valence-corrected chi connectivity index (χ3v) is 9.16. The number of halogens is 1. The molecule has 6 rings (SSSR count). The summed E-state index contributed by atoms with van der Waals surface area (Å²) >= 11 is 0. The molecule has 0 aliphatic carbocycles. The molecule has 2 N–H and O–H groups in total. The van der Waals surface area contributed by atoms with Crippen LogP contribution >= 0.6 is 0 Å². The lowest BCUT2D eigenvalue weighted by atomic mass is 10.0. The highest BCUT2D eigenvalue weighted by molar-refractivity contribution is 7.91. The molecule has 0 unspecified atom stereocenters. The van der Waals surface area contributed by atoms with E-state index < -0.39 is 27.2 Å². The maximum Gasteiger partial charge on any atom is 0.410 e. The van der Waals surface area contributed by atoms with Gasteiger partial charge in [0.05, 0.1) is 22.6 Å². The number of likely N-dealkylation sites (tertiary alicyclic amines) is 1. The number of hydrogen-bond donors (Lipinski definition) is 2. The molecule has 5 aromatic rings. The van der Waals surface area contributed by atoms with Gasteiger partial charge >= 0.3 is 6.09 Å². The van der Waals surface area contributed by atoms with Gasteiger partial charge in [0.25, 0.3) is 0 Å². The molecular weight excluding hydrogens is 664 g/mol. The van der Waals surface area contributed by atoms with Gasteiger partial charge in [-0.3, -0.25) is 9.40 Å². The van der Waals surface area contributed by atoms with E-state index >= 15 is 4.39 Å².